The van der Waals surface area contributed by atoms with Crippen LogP contribution in [-0.2, 0) is 11.4 Å². The molecule has 0 amide bonds. The minimum atomic E-state index is -0.870. The van der Waals surface area contributed by atoms with E-state index in [2.05, 4.69) is 25.3 Å². The van der Waals surface area contributed by atoms with Crippen LogP contribution in [0.5, 0.6) is 11.5 Å². The minimum Gasteiger partial charge on any atom is -0.493 e. The first-order valence-corrected chi connectivity index (χ1v) is 13.0. The van der Waals surface area contributed by atoms with Crippen molar-refractivity contribution in [1.29, 1.82) is 10.7 Å². The molecule has 7 heteroatoms. The number of hydrogen-bond donors (Lipinski definition) is 2. The van der Waals surface area contributed by atoms with Crippen molar-refractivity contribution in [3.05, 3.63) is 101 Å². The van der Waals surface area contributed by atoms with E-state index in [0.29, 0.717) is 36.5 Å². The number of rotatable bonds is 7. The van der Waals surface area contributed by atoms with Gasteiger partial charge >= 0.3 is 0 Å². The van der Waals surface area contributed by atoms with Crippen LogP contribution in [0.4, 0.5) is 5.69 Å². The van der Waals surface area contributed by atoms with Crippen molar-refractivity contribution < 1.29 is 14.3 Å². The van der Waals surface area contributed by atoms with Crippen LogP contribution in [0, 0.1) is 28.1 Å². The second kappa shape index (κ2) is 10.7. The number of nitrogens with one attached hydrogen (secondary N) is 2. The van der Waals surface area contributed by atoms with Crippen LogP contribution in [0.25, 0.3) is 0 Å². The maximum atomic E-state index is 13.7. The van der Waals surface area contributed by atoms with Crippen LogP contribution < -0.4 is 14.9 Å². The summed E-state index contributed by atoms with van der Waals surface area (Å²) in [5.41, 5.74) is 6.90. The Morgan fingerprint density at radius 1 is 1.03 bits per heavy atom. The lowest BCUT2D eigenvalue weighted by Gasteiger charge is -2.45. The van der Waals surface area contributed by atoms with Gasteiger partial charge < -0.3 is 9.47 Å². The van der Waals surface area contributed by atoms with E-state index in [0.717, 1.165) is 22.5 Å². The molecular formula is C32H32N4O3. The van der Waals surface area contributed by atoms with Crippen molar-refractivity contribution in [3.63, 3.8) is 0 Å². The number of Topliss-reactive ketones (excluding diaryl/α,β-unsaturated/α-hetero) is 1. The van der Waals surface area contributed by atoms with Gasteiger partial charge in [0, 0.05) is 23.6 Å². The number of anilines is 1. The predicted octanol–water partition coefficient (Wildman–Crippen LogP) is 6.46. The fraction of sp³-hybridized carbons (Fsp3) is 0.281. The number of carbonyl (C=O) groups excluding carboxylic acids is 1. The van der Waals surface area contributed by atoms with E-state index in [1.165, 1.54) is 0 Å². The summed E-state index contributed by atoms with van der Waals surface area (Å²) < 4.78 is 11.7. The summed E-state index contributed by atoms with van der Waals surface area (Å²) in [6.07, 6.45) is 0.975. The fourth-order valence-corrected chi connectivity index (χ4v) is 5.46. The van der Waals surface area contributed by atoms with Gasteiger partial charge in [-0.1, -0.05) is 68.4 Å². The highest BCUT2D eigenvalue weighted by Gasteiger charge is 2.48. The molecule has 0 saturated carbocycles. The van der Waals surface area contributed by atoms with Gasteiger partial charge in [-0.25, -0.2) is 5.01 Å². The maximum Gasteiger partial charge on any atom is 0.161 e. The molecule has 1 aliphatic heterocycles. The molecule has 5 rings (SSSR count). The van der Waals surface area contributed by atoms with Crippen molar-refractivity contribution in [3.8, 4) is 17.6 Å². The van der Waals surface area contributed by atoms with Crippen molar-refractivity contribution in [2.24, 2.45) is 11.3 Å². The van der Waals surface area contributed by atoms with Gasteiger partial charge in [0.25, 0.3) is 0 Å². The zero-order chi connectivity index (χ0) is 27.6. The zero-order valence-electron chi connectivity index (χ0n) is 22.4. The Bertz CT molecular complexity index is 1460. The first-order chi connectivity index (χ1) is 18.8. The summed E-state index contributed by atoms with van der Waals surface area (Å²) in [4.78, 5) is 13.7. The van der Waals surface area contributed by atoms with Gasteiger partial charge in [-0.3, -0.25) is 15.6 Å². The molecule has 2 unspecified atom stereocenters. The Balaban J connectivity index is 1.56. The zero-order valence-corrected chi connectivity index (χ0v) is 22.4. The number of amidine groups is 1. The van der Waals surface area contributed by atoms with Crippen LogP contribution in [0.15, 0.2) is 90.1 Å². The van der Waals surface area contributed by atoms with Crippen LogP contribution in [0.2, 0.25) is 0 Å². The summed E-state index contributed by atoms with van der Waals surface area (Å²) in [5, 5.41) is 21.0. The van der Waals surface area contributed by atoms with E-state index in [-0.39, 0.29) is 17.0 Å². The van der Waals surface area contributed by atoms with E-state index >= 15 is 0 Å². The molecule has 1 aliphatic carbocycles. The third kappa shape index (κ3) is 5.23. The minimum absolute atomic E-state index is 0.00207. The highest BCUT2D eigenvalue weighted by molar-refractivity contribution is 6.04. The number of hydrogen-bond acceptors (Lipinski definition) is 6. The van der Waals surface area contributed by atoms with E-state index in [9.17, 15) is 10.1 Å². The average Bonchev–Trinajstić information content (AvgIpc) is 2.93. The van der Waals surface area contributed by atoms with E-state index in [1.54, 1.807) is 12.1 Å². The summed E-state index contributed by atoms with van der Waals surface area (Å²) in [6.45, 7) is 4.51. The largest absolute Gasteiger partial charge is 0.493 e. The molecule has 0 radical (unpaired) electrons. The van der Waals surface area contributed by atoms with Crippen LogP contribution >= 0.6 is 0 Å². The lowest BCUT2D eigenvalue weighted by Crippen LogP contribution is -2.49. The molecule has 0 spiro atoms. The number of carbonyl (C=O) groups is 1. The molecule has 2 N–H and O–H groups in total. The van der Waals surface area contributed by atoms with Crippen molar-refractivity contribution >= 4 is 17.3 Å². The van der Waals surface area contributed by atoms with Crippen LogP contribution in [0.3, 0.4) is 0 Å². The summed E-state index contributed by atoms with van der Waals surface area (Å²) in [7, 11) is 1.57. The molecule has 2 atom stereocenters. The molecule has 0 saturated heterocycles. The van der Waals surface area contributed by atoms with Gasteiger partial charge in [-0.05, 0) is 47.2 Å². The standard InChI is InChI=1S/C32H32N4O3/c1-32(2)17-25-30(26(37)18-32)29(24(19-33)31(34)36(25)35-23-12-8-5-9-13-23)22-14-15-27(28(16-22)38-3)39-20-21-10-6-4-7-11-21/h4-16,24,29,34-35H,17-18,20H2,1-3H3. The van der Waals surface area contributed by atoms with Crippen molar-refractivity contribution in [1.82, 2.24) is 5.01 Å². The third-order valence-electron chi connectivity index (χ3n) is 7.28. The lowest BCUT2D eigenvalue weighted by atomic mass is 9.67. The monoisotopic (exact) mass is 520 g/mol. The van der Waals surface area contributed by atoms with E-state index < -0.39 is 11.8 Å². The number of methoxy groups -OCH3 is 1. The quantitative estimate of drug-likeness (QED) is 0.371. The Morgan fingerprint density at radius 3 is 2.38 bits per heavy atom. The van der Waals surface area contributed by atoms with Crippen LogP contribution in [0.1, 0.15) is 43.7 Å². The van der Waals surface area contributed by atoms with E-state index in [4.69, 9.17) is 14.9 Å². The van der Waals surface area contributed by atoms with Gasteiger partial charge in [-0.15, -0.1) is 0 Å². The second-order valence-corrected chi connectivity index (χ2v) is 10.8. The second-order valence-electron chi connectivity index (χ2n) is 10.8. The Hall–Kier alpha value is -4.57. The number of benzene rings is 3. The number of nitrogens with zero attached hydrogens (tertiary/aromatic N) is 2. The summed E-state index contributed by atoms with van der Waals surface area (Å²) in [5.74, 6) is -0.261. The molecule has 39 heavy (non-hydrogen) atoms. The number of allylic oxidation sites excluding steroid dienone is 2. The molecular weight excluding hydrogens is 488 g/mol. The van der Waals surface area contributed by atoms with Crippen molar-refractivity contribution in [2.75, 3.05) is 12.5 Å². The fourth-order valence-electron chi connectivity index (χ4n) is 5.46. The average molecular weight is 521 g/mol. The molecule has 7 nitrogen and oxygen atoms in total. The lowest BCUT2D eigenvalue weighted by molar-refractivity contribution is -0.118. The summed E-state index contributed by atoms with van der Waals surface area (Å²) in [6, 6.07) is 27.2. The molecule has 0 aromatic heterocycles. The van der Waals surface area contributed by atoms with Gasteiger partial charge in [0.1, 0.15) is 18.4 Å². The maximum absolute atomic E-state index is 13.7. The molecule has 3 aromatic carbocycles. The molecule has 0 fully saturated rings. The van der Waals surface area contributed by atoms with Gasteiger partial charge in [-0.2, -0.15) is 5.26 Å². The predicted molar refractivity (Wildman–Crippen MR) is 150 cm³/mol. The Labute approximate surface area is 229 Å². The molecule has 1 heterocycles. The molecule has 198 valence electrons. The Morgan fingerprint density at radius 2 is 1.72 bits per heavy atom. The van der Waals surface area contributed by atoms with Gasteiger partial charge in [0.05, 0.1) is 18.9 Å². The van der Waals surface area contributed by atoms with Gasteiger partial charge in [0.15, 0.2) is 17.3 Å². The highest BCUT2D eigenvalue weighted by atomic mass is 16.5. The number of nitriles is 1. The topological polar surface area (TPSA) is 98.4 Å². The number of para-hydroxylation sites is 1. The van der Waals surface area contributed by atoms with Crippen molar-refractivity contribution in [2.45, 2.75) is 39.2 Å². The van der Waals surface area contributed by atoms with Gasteiger partial charge in [0.2, 0.25) is 0 Å². The SMILES string of the molecule is COc1cc(C2C3=C(CC(C)(C)CC3=O)N(Nc3ccccc3)C(=N)C2C#N)ccc1OCc1ccccc1. The normalized spacial score (nSPS) is 20.2. The first-order valence-electron chi connectivity index (χ1n) is 13.0. The van der Waals surface area contributed by atoms with E-state index in [1.807, 2.05) is 78.9 Å². The molecule has 3 aromatic rings. The number of hydrazine groups is 1. The summed E-state index contributed by atoms with van der Waals surface area (Å²) >= 11 is 0. The van der Waals surface area contributed by atoms with Crippen LogP contribution in [-0.4, -0.2) is 23.7 Å². The highest BCUT2D eigenvalue weighted by Crippen LogP contribution is 2.49. The third-order valence-corrected chi connectivity index (χ3v) is 7.28. The number of ether oxygens (including phenoxy) is 2. The first kappa shape index (κ1) is 26.1. The molecule has 0 bridgehead atoms. The number of ketones is 1. The molecule has 2 aliphatic rings. The smallest absolute Gasteiger partial charge is 0.161 e. The Kier molecular flexibility index (Phi) is 7.12.